The maximum absolute atomic E-state index is 12.2. The fourth-order valence-electron chi connectivity index (χ4n) is 0.711. The van der Waals surface area contributed by atoms with Crippen molar-refractivity contribution in [1.29, 1.82) is 0 Å². The van der Waals surface area contributed by atoms with Crippen LogP contribution in [0.1, 0.15) is 13.3 Å². The lowest BCUT2D eigenvalue weighted by atomic mass is 10.00. The molecule has 0 spiro atoms. The summed E-state index contributed by atoms with van der Waals surface area (Å²) in [6.07, 6.45) is -3.28. The summed E-state index contributed by atoms with van der Waals surface area (Å²) in [5, 5.41) is 0. The molecule has 1 atom stereocenters. The highest BCUT2D eigenvalue weighted by Gasteiger charge is 2.33. The Bertz CT molecular complexity index is 127. The highest BCUT2D eigenvalue weighted by Crippen LogP contribution is 2.19. The Morgan fingerprint density at radius 1 is 1.33 bits per heavy atom. The first-order valence-corrected chi connectivity index (χ1v) is 3.56. The Morgan fingerprint density at radius 3 is 2.00 bits per heavy atom. The van der Waals surface area contributed by atoms with Gasteiger partial charge in [0.05, 0.1) is 5.54 Å². The smallest absolute Gasteiger partial charge is 0.256 e. The quantitative estimate of drug-likeness (QED) is 0.646. The second-order valence-electron chi connectivity index (χ2n) is 2.91. The SMILES string of the molecule is COC(CC(C)(N)C(F)F)OC. The molecule has 0 aliphatic heterocycles. The van der Waals surface area contributed by atoms with Crippen LogP contribution in [-0.2, 0) is 9.47 Å². The van der Waals surface area contributed by atoms with Gasteiger partial charge in [-0.25, -0.2) is 8.78 Å². The van der Waals surface area contributed by atoms with E-state index in [-0.39, 0.29) is 6.42 Å². The fraction of sp³-hybridized carbons (Fsp3) is 1.00. The summed E-state index contributed by atoms with van der Waals surface area (Å²) in [6.45, 7) is 1.27. The Morgan fingerprint density at radius 2 is 1.75 bits per heavy atom. The summed E-state index contributed by atoms with van der Waals surface area (Å²) in [5.74, 6) is 0. The molecule has 2 N–H and O–H groups in total. The maximum Gasteiger partial charge on any atom is 0.256 e. The van der Waals surface area contributed by atoms with Crippen LogP contribution in [0, 0.1) is 0 Å². The summed E-state index contributed by atoms with van der Waals surface area (Å²) < 4.78 is 33.9. The molecule has 0 rings (SSSR count). The highest BCUT2D eigenvalue weighted by molar-refractivity contribution is 4.82. The van der Waals surface area contributed by atoms with Gasteiger partial charge in [0.2, 0.25) is 0 Å². The van der Waals surface area contributed by atoms with Gasteiger partial charge in [0.1, 0.15) is 0 Å². The second-order valence-corrected chi connectivity index (χ2v) is 2.91. The van der Waals surface area contributed by atoms with E-state index in [1.165, 1.54) is 21.1 Å². The zero-order valence-corrected chi connectivity index (χ0v) is 7.51. The monoisotopic (exact) mass is 183 g/mol. The van der Waals surface area contributed by atoms with Gasteiger partial charge in [-0.15, -0.1) is 0 Å². The number of ether oxygens (including phenoxy) is 2. The topological polar surface area (TPSA) is 44.5 Å². The molecule has 0 aliphatic rings. The summed E-state index contributed by atoms with van der Waals surface area (Å²) >= 11 is 0. The van der Waals surface area contributed by atoms with Crippen LogP contribution in [-0.4, -0.2) is 32.5 Å². The Hall–Kier alpha value is -0.260. The summed E-state index contributed by atoms with van der Waals surface area (Å²) in [6, 6.07) is 0. The van der Waals surface area contributed by atoms with E-state index in [4.69, 9.17) is 15.2 Å². The van der Waals surface area contributed by atoms with Gasteiger partial charge < -0.3 is 15.2 Å². The zero-order chi connectivity index (χ0) is 9.78. The van der Waals surface area contributed by atoms with Crippen molar-refractivity contribution in [3.63, 3.8) is 0 Å². The van der Waals surface area contributed by atoms with Crippen molar-refractivity contribution in [1.82, 2.24) is 0 Å². The van der Waals surface area contributed by atoms with Crippen LogP contribution in [0.5, 0.6) is 0 Å². The van der Waals surface area contributed by atoms with E-state index in [9.17, 15) is 8.78 Å². The molecule has 1 unspecified atom stereocenters. The van der Waals surface area contributed by atoms with Gasteiger partial charge in [-0.1, -0.05) is 0 Å². The molecule has 0 radical (unpaired) electrons. The lowest BCUT2D eigenvalue weighted by molar-refractivity contribution is -0.126. The van der Waals surface area contributed by atoms with E-state index in [1.54, 1.807) is 0 Å². The minimum atomic E-state index is -2.58. The molecular formula is C7H15F2NO2. The third-order valence-corrected chi connectivity index (χ3v) is 1.63. The molecular weight excluding hydrogens is 168 g/mol. The Labute approximate surface area is 70.8 Å². The minimum Gasteiger partial charge on any atom is -0.356 e. The van der Waals surface area contributed by atoms with Crippen molar-refractivity contribution >= 4 is 0 Å². The molecule has 0 saturated carbocycles. The summed E-state index contributed by atoms with van der Waals surface area (Å²) in [4.78, 5) is 0. The summed E-state index contributed by atoms with van der Waals surface area (Å²) in [7, 11) is 2.77. The largest absolute Gasteiger partial charge is 0.356 e. The van der Waals surface area contributed by atoms with E-state index in [2.05, 4.69) is 0 Å². The number of rotatable bonds is 5. The summed E-state index contributed by atoms with van der Waals surface area (Å²) in [5.41, 5.74) is 3.74. The average Bonchev–Trinajstić information content (AvgIpc) is 2.00. The van der Waals surface area contributed by atoms with E-state index in [0.29, 0.717) is 0 Å². The van der Waals surface area contributed by atoms with Gasteiger partial charge in [0.25, 0.3) is 6.43 Å². The molecule has 0 aromatic carbocycles. The number of alkyl halides is 2. The number of methoxy groups -OCH3 is 2. The normalized spacial score (nSPS) is 17.0. The first-order chi connectivity index (χ1) is 5.44. The van der Waals surface area contributed by atoms with E-state index in [1.807, 2.05) is 0 Å². The first-order valence-electron chi connectivity index (χ1n) is 3.56. The molecule has 12 heavy (non-hydrogen) atoms. The van der Waals surface area contributed by atoms with Crippen molar-refractivity contribution in [3.05, 3.63) is 0 Å². The zero-order valence-electron chi connectivity index (χ0n) is 7.51. The van der Waals surface area contributed by atoms with Crippen LogP contribution in [0.2, 0.25) is 0 Å². The van der Waals surface area contributed by atoms with Gasteiger partial charge in [-0.3, -0.25) is 0 Å². The molecule has 0 amide bonds. The predicted octanol–water partition coefficient (Wildman–Crippen LogP) is 0.978. The minimum absolute atomic E-state index is 0.0301. The molecule has 3 nitrogen and oxygen atoms in total. The highest BCUT2D eigenvalue weighted by atomic mass is 19.3. The van der Waals surface area contributed by atoms with Crippen LogP contribution in [0.3, 0.4) is 0 Å². The molecule has 74 valence electrons. The van der Waals surface area contributed by atoms with Crippen LogP contribution in [0.25, 0.3) is 0 Å². The standard InChI is InChI=1S/C7H15F2NO2/c1-7(10,6(8)9)4-5(11-2)12-3/h5-6H,4,10H2,1-3H3. The van der Waals surface area contributed by atoms with Gasteiger partial charge in [0.15, 0.2) is 6.29 Å². The van der Waals surface area contributed by atoms with Crippen molar-refractivity contribution in [2.75, 3.05) is 14.2 Å². The van der Waals surface area contributed by atoms with Gasteiger partial charge >= 0.3 is 0 Å². The van der Waals surface area contributed by atoms with Gasteiger partial charge in [-0.05, 0) is 6.92 Å². The third-order valence-electron chi connectivity index (χ3n) is 1.63. The van der Waals surface area contributed by atoms with Gasteiger partial charge in [0, 0.05) is 20.6 Å². The van der Waals surface area contributed by atoms with Crippen LogP contribution < -0.4 is 5.73 Å². The molecule has 0 saturated heterocycles. The molecule has 0 fully saturated rings. The predicted molar refractivity (Wildman–Crippen MR) is 41.0 cm³/mol. The van der Waals surface area contributed by atoms with Crippen LogP contribution in [0.15, 0.2) is 0 Å². The number of nitrogens with two attached hydrogens (primary N) is 1. The molecule has 0 aromatic heterocycles. The van der Waals surface area contributed by atoms with E-state index in [0.717, 1.165) is 0 Å². The van der Waals surface area contributed by atoms with Crippen LogP contribution >= 0.6 is 0 Å². The van der Waals surface area contributed by atoms with Crippen molar-refractivity contribution < 1.29 is 18.3 Å². The first kappa shape index (κ1) is 11.7. The molecule has 0 aliphatic carbocycles. The Kier molecular flexibility index (Phi) is 4.59. The average molecular weight is 183 g/mol. The number of halogens is 2. The van der Waals surface area contributed by atoms with Crippen molar-refractivity contribution in [3.8, 4) is 0 Å². The third kappa shape index (κ3) is 3.42. The maximum atomic E-state index is 12.2. The molecule has 5 heteroatoms. The van der Waals surface area contributed by atoms with Crippen LogP contribution in [0.4, 0.5) is 8.78 Å². The molecule has 0 aromatic rings. The Balaban J connectivity index is 4.02. The number of hydrogen-bond donors (Lipinski definition) is 1. The van der Waals surface area contributed by atoms with E-state index >= 15 is 0 Å². The second kappa shape index (κ2) is 4.69. The van der Waals surface area contributed by atoms with Gasteiger partial charge in [-0.2, -0.15) is 0 Å². The molecule has 0 heterocycles. The van der Waals surface area contributed by atoms with E-state index < -0.39 is 18.3 Å². The fourth-order valence-corrected chi connectivity index (χ4v) is 0.711. The van der Waals surface area contributed by atoms with Crippen molar-refractivity contribution in [2.24, 2.45) is 5.73 Å². The lowest BCUT2D eigenvalue weighted by Crippen LogP contribution is -2.47. The lowest BCUT2D eigenvalue weighted by Gasteiger charge is -2.27. The molecule has 0 bridgehead atoms. The van der Waals surface area contributed by atoms with Crippen molar-refractivity contribution in [2.45, 2.75) is 31.6 Å². The number of hydrogen-bond acceptors (Lipinski definition) is 3.